The summed E-state index contributed by atoms with van der Waals surface area (Å²) < 4.78 is 15.6. The standard InChI is InChI=1S/C6H12Cl3O3PS/c7-1-4-10-13(14,11-5-2-8)12-6-3-9/h1-6H2. The predicted octanol–water partition coefficient (Wildman–Crippen LogP) is 2.98. The molecule has 0 fully saturated rings. The lowest BCUT2D eigenvalue weighted by atomic mass is 10.9. The van der Waals surface area contributed by atoms with E-state index in [9.17, 15) is 0 Å². The Balaban J connectivity index is 3.97. The van der Waals surface area contributed by atoms with Gasteiger partial charge in [-0.1, -0.05) is 0 Å². The van der Waals surface area contributed by atoms with Crippen molar-refractivity contribution in [1.82, 2.24) is 0 Å². The number of alkyl halides is 3. The van der Waals surface area contributed by atoms with Crippen LogP contribution < -0.4 is 0 Å². The molecule has 0 bridgehead atoms. The summed E-state index contributed by atoms with van der Waals surface area (Å²) in [7, 11) is 0. The van der Waals surface area contributed by atoms with Crippen molar-refractivity contribution in [2.45, 2.75) is 0 Å². The van der Waals surface area contributed by atoms with E-state index in [1.807, 2.05) is 0 Å². The molecule has 0 aliphatic heterocycles. The molecule has 0 atom stereocenters. The molecule has 0 aliphatic carbocycles. The van der Waals surface area contributed by atoms with Gasteiger partial charge < -0.3 is 13.6 Å². The van der Waals surface area contributed by atoms with E-state index in [2.05, 4.69) is 0 Å². The minimum atomic E-state index is -2.69. The first-order valence-electron chi connectivity index (χ1n) is 3.90. The summed E-state index contributed by atoms with van der Waals surface area (Å²) in [5.41, 5.74) is 0. The zero-order chi connectivity index (χ0) is 10.9. The molecule has 0 radical (unpaired) electrons. The van der Waals surface area contributed by atoms with Crippen LogP contribution in [-0.4, -0.2) is 37.5 Å². The minimum Gasteiger partial charge on any atom is -0.307 e. The molecular formula is C6H12Cl3O3PS. The van der Waals surface area contributed by atoms with Crippen LogP contribution >= 0.6 is 41.5 Å². The van der Waals surface area contributed by atoms with Gasteiger partial charge in [0.05, 0.1) is 19.8 Å². The highest BCUT2D eigenvalue weighted by Gasteiger charge is 2.19. The van der Waals surface area contributed by atoms with E-state index in [1.165, 1.54) is 0 Å². The maximum Gasteiger partial charge on any atom is 0.327 e. The Labute approximate surface area is 104 Å². The highest BCUT2D eigenvalue weighted by atomic mass is 35.5. The average Bonchev–Trinajstić information content (AvgIpc) is 2.21. The van der Waals surface area contributed by atoms with Gasteiger partial charge in [0.2, 0.25) is 0 Å². The second-order valence-electron chi connectivity index (χ2n) is 2.01. The number of hydrogen-bond acceptors (Lipinski definition) is 4. The van der Waals surface area contributed by atoms with Crippen molar-refractivity contribution < 1.29 is 13.6 Å². The number of halogens is 3. The average molecular weight is 302 g/mol. The van der Waals surface area contributed by atoms with Crippen LogP contribution in [0.5, 0.6) is 0 Å². The molecule has 0 aliphatic rings. The van der Waals surface area contributed by atoms with Gasteiger partial charge in [0.15, 0.2) is 0 Å². The fourth-order valence-corrected chi connectivity index (χ4v) is 2.94. The maximum atomic E-state index is 5.46. The van der Waals surface area contributed by atoms with Crippen molar-refractivity contribution in [3.63, 3.8) is 0 Å². The molecule has 14 heavy (non-hydrogen) atoms. The molecule has 3 nitrogen and oxygen atoms in total. The van der Waals surface area contributed by atoms with Crippen molar-refractivity contribution in [3.05, 3.63) is 0 Å². The molecule has 0 rings (SSSR count). The largest absolute Gasteiger partial charge is 0.327 e. The van der Waals surface area contributed by atoms with Gasteiger partial charge in [0, 0.05) is 17.6 Å². The van der Waals surface area contributed by atoms with E-state index >= 15 is 0 Å². The molecule has 0 spiro atoms. The first-order valence-corrected chi connectivity index (χ1v) is 8.06. The van der Waals surface area contributed by atoms with Crippen LogP contribution in [0.4, 0.5) is 0 Å². The summed E-state index contributed by atoms with van der Waals surface area (Å²) >= 11 is 21.4. The van der Waals surface area contributed by atoms with Crippen molar-refractivity contribution in [2.75, 3.05) is 37.5 Å². The predicted molar refractivity (Wildman–Crippen MR) is 64.3 cm³/mol. The molecule has 0 amide bonds. The zero-order valence-corrected chi connectivity index (χ0v) is 11.4. The third-order valence-electron chi connectivity index (χ3n) is 0.980. The summed E-state index contributed by atoms with van der Waals surface area (Å²) in [6.07, 6.45) is 0. The van der Waals surface area contributed by atoms with E-state index < -0.39 is 6.72 Å². The normalized spacial score (nSPS) is 11.9. The van der Waals surface area contributed by atoms with Crippen LogP contribution in [0.3, 0.4) is 0 Å². The van der Waals surface area contributed by atoms with Gasteiger partial charge in [-0.3, -0.25) is 0 Å². The van der Waals surface area contributed by atoms with Gasteiger partial charge in [0.25, 0.3) is 0 Å². The summed E-state index contributed by atoms with van der Waals surface area (Å²) in [4.78, 5) is 0. The van der Waals surface area contributed by atoms with E-state index in [0.29, 0.717) is 37.5 Å². The molecule has 0 heterocycles. The van der Waals surface area contributed by atoms with Crippen LogP contribution in [0.25, 0.3) is 0 Å². The van der Waals surface area contributed by atoms with Gasteiger partial charge in [-0.25, -0.2) is 0 Å². The number of hydrogen-bond donors (Lipinski definition) is 0. The van der Waals surface area contributed by atoms with Gasteiger partial charge in [-0.05, 0) is 11.8 Å². The molecule has 0 N–H and O–H groups in total. The summed E-state index contributed by atoms with van der Waals surface area (Å²) in [6, 6.07) is 0. The molecule has 0 saturated heterocycles. The minimum absolute atomic E-state index is 0.295. The third-order valence-corrected chi connectivity index (χ3v) is 3.89. The molecule has 0 aromatic carbocycles. The van der Waals surface area contributed by atoms with Crippen LogP contribution in [0.1, 0.15) is 0 Å². The van der Waals surface area contributed by atoms with E-state index in [0.717, 1.165) is 0 Å². The molecule has 0 aromatic heterocycles. The molecular weight excluding hydrogens is 289 g/mol. The third kappa shape index (κ3) is 7.66. The molecule has 8 heteroatoms. The lowest BCUT2D eigenvalue weighted by Crippen LogP contribution is -2.05. The number of rotatable bonds is 9. The highest BCUT2D eigenvalue weighted by Crippen LogP contribution is 2.49. The Hall–Kier alpha value is 1.40. The van der Waals surface area contributed by atoms with E-state index in [4.69, 9.17) is 60.2 Å². The molecule has 0 aromatic rings. The zero-order valence-electron chi connectivity index (χ0n) is 7.46. The van der Waals surface area contributed by atoms with Gasteiger partial charge >= 0.3 is 6.72 Å². The Morgan fingerprint density at radius 3 is 1.29 bits per heavy atom. The van der Waals surface area contributed by atoms with Crippen LogP contribution in [0.2, 0.25) is 0 Å². The smallest absolute Gasteiger partial charge is 0.307 e. The monoisotopic (exact) mass is 300 g/mol. The van der Waals surface area contributed by atoms with Crippen LogP contribution in [0.15, 0.2) is 0 Å². The lowest BCUT2D eigenvalue weighted by molar-refractivity contribution is 0.175. The molecule has 0 saturated carbocycles. The quantitative estimate of drug-likeness (QED) is 0.483. The Kier molecular flexibility index (Phi) is 10.6. The van der Waals surface area contributed by atoms with Crippen LogP contribution in [0, 0.1) is 0 Å². The Morgan fingerprint density at radius 2 is 1.07 bits per heavy atom. The van der Waals surface area contributed by atoms with E-state index in [-0.39, 0.29) is 0 Å². The molecule has 0 unspecified atom stereocenters. The van der Waals surface area contributed by atoms with Gasteiger partial charge in [-0.2, -0.15) is 0 Å². The Bertz CT molecular complexity index is 155. The molecule has 86 valence electrons. The first-order chi connectivity index (χ1) is 6.68. The van der Waals surface area contributed by atoms with E-state index in [1.54, 1.807) is 0 Å². The van der Waals surface area contributed by atoms with Gasteiger partial charge in [-0.15, -0.1) is 34.8 Å². The summed E-state index contributed by atoms with van der Waals surface area (Å²) in [6.45, 7) is -1.80. The van der Waals surface area contributed by atoms with Crippen molar-refractivity contribution in [1.29, 1.82) is 0 Å². The van der Waals surface area contributed by atoms with Crippen LogP contribution in [-0.2, 0) is 25.4 Å². The van der Waals surface area contributed by atoms with Gasteiger partial charge in [0.1, 0.15) is 0 Å². The topological polar surface area (TPSA) is 27.7 Å². The maximum absolute atomic E-state index is 5.46. The summed E-state index contributed by atoms with van der Waals surface area (Å²) in [5, 5.41) is 0. The highest BCUT2D eigenvalue weighted by molar-refractivity contribution is 8.07. The first kappa shape index (κ1) is 15.4. The fraction of sp³-hybridized carbons (Fsp3) is 1.00. The van der Waals surface area contributed by atoms with Crippen molar-refractivity contribution >= 4 is 53.3 Å². The SMILES string of the molecule is S=P(OCCCl)(OCCCl)OCCCl. The van der Waals surface area contributed by atoms with Crippen molar-refractivity contribution in [2.24, 2.45) is 0 Å². The lowest BCUT2D eigenvalue weighted by Gasteiger charge is -2.20. The Morgan fingerprint density at radius 1 is 0.786 bits per heavy atom. The summed E-state index contributed by atoms with van der Waals surface area (Å²) in [5.74, 6) is 1.02. The van der Waals surface area contributed by atoms with Crippen molar-refractivity contribution in [3.8, 4) is 0 Å². The second kappa shape index (κ2) is 9.61. The second-order valence-corrected chi connectivity index (χ2v) is 6.16. The fourth-order valence-electron chi connectivity index (χ4n) is 0.551.